The van der Waals surface area contributed by atoms with E-state index in [9.17, 15) is 14.9 Å². The Balaban J connectivity index is 1.98. The number of carbonyl (C=O) groups is 1. The molecule has 8 nitrogen and oxygen atoms in total. The average molecular weight is 294 g/mol. The fraction of sp³-hybridized carbons (Fsp3) is 0.462. The van der Waals surface area contributed by atoms with Crippen LogP contribution in [0.2, 0.25) is 0 Å². The van der Waals surface area contributed by atoms with Gasteiger partial charge in [0.1, 0.15) is 5.69 Å². The number of nitro groups is 1. The summed E-state index contributed by atoms with van der Waals surface area (Å²) in [7, 11) is 0. The van der Waals surface area contributed by atoms with Crippen LogP contribution >= 0.6 is 0 Å². The number of benzene rings is 1. The van der Waals surface area contributed by atoms with Crippen molar-refractivity contribution < 1.29 is 14.5 Å². The molecule has 0 aliphatic carbocycles. The zero-order valence-corrected chi connectivity index (χ0v) is 11.6. The minimum absolute atomic E-state index is 0.125. The number of carbonyl (C=O) groups excluding carboxylic acids is 1. The molecule has 0 bridgehead atoms. The Morgan fingerprint density at radius 3 is 2.76 bits per heavy atom. The number of nitro benzene ring substituents is 1. The number of nitrogens with one attached hydrogen (secondary N) is 1. The van der Waals surface area contributed by atoms with Gasteiger partial charge in [0.15, 0.2) is 0 Å². The molecule has 1 aromatic rings. The summed E-state index contributed by atoms with van der Waals surface area (Å²) in [5.41, 5.74) is 5.50. The summed E-state index contributed by atoms with van der Waals surface area (Å²) in [4.78, 5) is 23.8. The predicted octanol–water partition coefficient (Wildman–Crippen LogP) is 0.438. The zero-order chi connectivity index (χ0) is 15.2. The maximum atomic E-state index is 11.1. The van der Waals surface area contributed by atoms with Gasteiger partial charge in [0, 0.05) is 37.8 Å². The smallest absolute Gasteiger partial charge is 0.293 e. The standard InChI is InChI=1S/C13H18N4O4/c14-13(18)10-1-2-11(12(9-10)17(19)20)15-3-4-16-5-7-21-8-6-16/h1-2,9,15H,3-8H2,(H2,14,18). The Morgan fingerprint density at radius 1 is 1.43 bits per heavy atom. The quantitative estimate of drug-likeness (QED) is 0.581. The van der Waals surface area contributed by atoms with Crippen LogP contribution in [-0.2, 0) is 4.74 Å². The summed E-state index contributed by atoms with van der Waals surface area (Å²) in [5, 5.41) is 14.1. The Morgan fingerprint density at radius 2 is 2.14 bits per heavy atom. The lowest BCUT2D eigenvalue weighted by atomic mass is 10.1. The first-order chi connectivity index (χ1) is 10.1. The number of hydrogen-bond acceptors (Lipinski definition) is 6. The van der Waals surface area contributed by atoms with Crippen molar-refractivity contribution in [3.63, 3.8) is 0 Å². The van der Waals surface area contributed by atoms with Crippen LogP contribution in [0, 0.1) is 10.1 Å². The molecule has 0 unspecified atom stereocenters. The van der Waals surface area contributed by atoms with Gasteiger partial charge in [0.25, 0.3) is 5.69 Å². The summed E-state index contributed by atoms with van der Waals surface area (Å²) >= 11 is 0. The number of anilines is 1. The van der Waals surface area contributed by atoms with Crippen LogP contribution < -0.4 is 11.1 Å². The Labute approximate surface area is 122 Å². The SMILES string of the molecule is NC(=O)c1ccc(NCCN2CCOCC2)c([N+](=O)[O-])c1. The molecule has 1 amide bonds. The van der Waals surface area contributed by atoms with Crippen molar-refractivity contribution >= 4 is 17.3 Å². The number of primary amides is 1. The van der Waals surface area contributed by atoms with Crippen molar-refractivity contribution in [3.05, 3.63) is 33.9 Å². The fourth-order valence-electron chi connectivity index (χ4n) is 2.16. The third kappa shape index (κ3) is 4.14. The van der Waals surface area contributed by atoms with Gasteiger partial charge >= 0.3 is 0 Å². The van der Waals surface area contributed by atoms with Crippen molar-refractivity contribution in [2.45, 2.75) is 0 Å². The van der Waals surface area contributed by atoms with E-state index in [2.05, 4.69) is 10.2 Å². The lowest BCUT2D eigenvalue weighted by Crippen LogP contribution is -2.39. The van der Waals surface area contributed by atoms with Crippen molar-refractivity contribution in [1.82, 2.24) is 4.90 Å². The highest BCUT2D eigenvalue weighted by atomic mass is 16.6. The maximum absolute atomic E-state index is 11.1. The van der Waals surface area contributed by atoms with Gasteiger partial charge in [0.2, 0.25) is 5.91 Å². The Kier molecular flexibility index (Phi) is 5.07. The van der Waals surface area contributed by atoms with Crippen LogP contribution in [0.4, 0.5) is 11.4 Å². The maximum Gasteiger partial charge on any atom is 0.293 e. The molecule has 0 radical (unpaired) electrons. The highest BCUT2D eigenvalue weighted by molar-refractivity contribution is 5.94. The van der Waals surface area contributed by atoms with Gasteiger partial charge in [-0.25, -0.2) is 0 Å². The monoisotopic (exact) mass is 294 g/mol. The van der Waals surface area contributed by atoms with Gasteiger partial charge < -0.3 is 15.8 Å². The van der Waals surface area contributed by atoms with E-state index >= 15 is 0 Å². The molecule has 1 aliphatic heterocycles. The van der Waals surface area contributed by atoms with Crippen LogP contribution in [0.25, 0.3) is 0 Å². The Bertz CT molecular complexity index is 529. The third-order valence-electron chi connectivity index (χ3n) is 3.33. The molecule has 3 N–H and O–H groups in total. The van der Waals surface area contributed by atoms with Crippen LogP contribution in [0.15, 0.2) is 18.2 Å². The molecular weight excluding hydrogens is 276 g/mol. The minimum atomic E-state index is -0.682. The van der Waals surface area contributed by atoms with Crippen molar-refractivity contribution in [3.8, 4) is 0 Å². The first kappa shape index (κ1) is 15.2. The number of amides is 1. The molecule has 1 saturated heterocycles. The van der Waals surface area contributed by atoms with Crippen molar-refractivity contribution in [2.24, 2.45) is 5.73 Å². The van der Waals surface area contributed by atoms with E-state index in [1.165, 1.54) is 18.2 Å². The molecule has 1 fully saturated rings. The topological polar surface area (TPSA) is 111 Å². The van der Waals surface area contributed by atoms with E-state index in [1.807, 2.05) is 0 Å². The fourth-order valence-corrected chi connectivity index (χ4v) is 2.16. The highest BCUT2D eigenvalue weighted by Crippen LogP contribution is 2.25. The van der Waals surface area contributed by atoms with E-state index in [0.717, 1.165) is 19.6 Å². The largest absolute Gasteiger partial charge is 0.379 e. The summed E-state index contributed by atoms with van der Waals surface area (Å²) in [5.74, 6) is -0.682. The molecule has 1 aromatic carbocycles. The highest BCUT2D eigenvalue weighted by Gasteiger charge is 2.17. The molecule has 0 spiro atoms. The number of ether oxygens (including phenoxy) is 1. The van der Waals surface area contributed by atoms with Crippen LogP contribution in [0.1, 0.15) is 10.4 Å². The van der Waals surface area contributed by atoms with Gasteiger partial charge in [-0.2, -0.15) is 0 Å². The zero-order valence-electron chi connectivity index (χ0n) is 11.6. The molecule has 1 aliphatic rings. The molecule has 0 saturated carbocycles. The number of morpholine rings is 1. The molecule has 0 aromatic heterocycles. The lowest BCUT2D eigenvalue weighted by molar-refractivity contribution is -0.384. The van der Waals surface area contributed by atoms with E-state index in [4.69, 9.17) is 10.5 Å². The molecule has 8 heteroatoms. The van der Waals surface area contributed by atoms with Crippen molar-refractivity contribution in [1.29, 1.82) is 0 Å². The lowest BCUT2D eigenvalue weighted by Gasteiger charge is -2.26. The molecule has 2 rings (SSSR count). The van der Waals surface area contributed by atoms with Gasteiger partial charge in [-0.05, 0) is 12.1 Å². The molecule has 21 heavy (non-hydrogen) atoms. The van der Waals surface area contributed by atoms with Gasteiger partial charge in [-0.3, -0.25) is 19.8 Å². The average Bonchev–Trinajstić information content (AvgIpc) is 2.48. The first-order valence-corrected chi connectivity index (χ1v) is 6.70. The number of nitrogens with zero attached hydrogens (tertiary/aromatic N) is 2. The second-order valence-electron chi connectivity index (χ2n) is 4.73. The van der Waals surface area contributed by atoms with Gasteiger partial charge in [0.05, 0.1) is 18.1 Å². The Hall–Kier alpha value is -2.19. The van der Waals surface area contributed by atoms with Crippen LogP contribution in [0.5, 0.6) is 0 Å². The van der Waals surface area contributed by atoms with E-state index in [-0.39, 0.29) is 11.3 Å². The van der Waals surface area contributed by atoms with E-state index in [1.54, 1.807) is 0 Å². The molecule has 1 heterocycles. The molecule has 114 valence electrons. The number of rotatable bonds is 6. The first-order valence-electron chi connectivity index (χ1n) is 6.70. The summed E-state index contributed by atoms with van der Waals surface area (Å²) in [6.45, 7) is 4.52. The van der Waals surface area contributed by atoms with Crippen molar-refractivity contribution in [2.75, 3.05) is 44.7 Å². The van der Waals surface area contributed by atoms with Crippen LogP contribution in [-0.4, -0.2) is 55.1 Å². The van der Waals surface area contributed by atoms with Gasteiger partial charge in [-0.15, -0.1) is 0 Å². The third-order valence-corrected chi connectivity index (χ3v) is 3.33. The summed E-state index contributed by atoms with van der Waals surface area (Å²) in [6, 6.07) is 4.18. The normalized spacial score (nSPS) is 15.6. The molecular formula is C13H18N4O4. The van der Waals surface area contributed by atoms with E-state index < -0.39 is 10.8 Å². The predicted molar refractivity (Wildman–Crippen MR) is 77.4 cm³/mol. The second kappa shape index (κ2) is 7.00. The number of nitrogens with two attached hydrogens (primary N) is 1. The summed E-state index contributed by atoms with van der Waals surface area (Å²) < 4.78 is 5.26. The van der Waals surface area contributed by atoms with Gasteiger partial charge in [-0.1, -0.05) is 0 Å². The van der Waals surface area contributed by atoms with Crippen LogP contribution in [0.3, 0.4) is 0 Å². The molecule has 0 atom stereocenters. The number of hydrogen-bond donors (Lipinski definition) is 2. The second-order valence-corrected chi connectivity index (χ2v) is 4.73. The summed E-state index contributed by atoms with van der Waals surface area (Å²) in [6.07, 6.45) is 0. The van der Waals surface area contributed by atoms with E-state index in [0.29, 0.717) is 25.4 Å². The minimum Gasteiger partial charge on any atom is -0.379 e.